The van der Waals surface area contributed by atoms with E-state index in [0.29, 0.717) is 13.1 Å². The van der Waals surface area contributed by atoms with Crippen molar-refractivity contribution >= 4 is 21.9 Å². The van der Waals surface area contributed by atoms with Crippen LogP contribution in [0.2, 0.25) is 0 Å². The monoisotopic (exact) mass is 298 g/mol. The average molecular weight is 299 g/mol. The fourth-order valence-electron chi connectivity index (χ4n) is 2.12. The minimum Gasteiger partial charge on any atom is -0.353 e. The molecule has 0 aliphatic carbocycles. The van der Waals surface area contributed by atoms with E-state index in [4.69, 9.17) is 0 Å². The number of fused-ring (bicyclic) bond motifs is 1. The fourth-order valence-corrected chi connectivity index (χ4v) is 2.61. The van der Waals surface area contributed by atoms with Crippen LogP contribution >= 0.6 is 15.9 Å². The van der Waals surface area contributed by atoms with E-state index >= 15 is 0 Å². The summed E-state index contributed by atoms with van der Waals surface area (Å²) in [6.07, 6.45) is 0. The number of nitrogens with one attached hydrogen (secondary N) is 2. The molecule has 1 aromatic rings. The Morgan fingerprint density at radius 3 is 2.88 bits per heavy atom. The number of halogens is 2. The van der Waals surface area contributed by atoms with E-state index in [2.05, 4.69) is 31.7 Å². The zero-order chi connectivity index (χ0) is 11.8. The summed E-state index contributed by atoms with van der Waals surface area (Å²) in [5, 5.41) is 5.09. The van der Waals surface area contributed by atoms with E-state index < -0.39 is 0 Å². The van der Waals surface area contributed by atoms with Crippen LogP contribution in [0.3, 0.4) is 0 Å². The third-order valence-electron chi connectivity index (χ3n) is 2.95. The lowest BCUT2D eigenvalue weighted by atomic mass is 10.1. The van der Waals surface area contributed by atoms with Crippen LogP contribution in [0.5, 0.6) is 0 Å². The number of aliphatic imine (C=N–C) groups is 1. The molecule has 0 fully saturated rings. The van der Waals surface area contributed by atoms with Crippen LogP contribution in [0.25, 0.3) is 0 Å². The molecular weight excluding hydrogens is 287 g/mol. The van der Waals surface area contributed by atoms with E-state index in [9.17, 15) is 4.39 Å². The average Bonchev–Trinajstić information content (AvgIpc) is 2.94. The first kappa shape index (κ1) is 11.0. The maximum absolute atomic E-state index is 13.6. The van der Waals surface area contributed by atoms with Gasteiger partial charge in [0.25, 0.3) is 0 Å². The smallest absolute Gasteiger partial charge is 0.206 e. The summed E-state index contributed by atoms with van der Waals surface area (Å²) in [5.74, 6) is 0.628. The fraction of sp³-hybridized carbons (Fsp3) is 0.364. The maximum Gasteiger partial charge on any atom is 0.206 e. The molecular formula is C11H12BrFN4. The Bertz CT molecular complexity index is 458. The van der Waals surface area contributed by atoms with Crippen molar-refractivity contribution in [2.75, 3.05) is 13.1 Å². The molecule has 90 valence electrons. The normalized spacial score (nSPS) is 18.8. The van der Waals surface area contributed by atoms with Crippen molar-refractivity contribution in [3.63, 3.8) is 0 Å². The van der Waals surface area contributed by atoms with Crippen LogP contribution < -0.4 is 10.7 Å². The van der Waals surface area contributed by atoms with Gasteiger partial charge in [0, 0.05) is 29.7 Å². The quantitative estimate of drug-likeness (QED) is 0.823. The van der Waals surface area contributed by atoms with E-state index in [1.807, 2.05) is 5.01 Å². The summed E-state index contributed by atoms with van der Waals surface area (Å²) >= 11 is 3.45. The highest BCUT2D eigenvalue weighted by molar-refractivity contribution is 9.10. The molecule has 0 atom stereocenters. The lowest BCUT2D eigenvalue weighted by molar-refractivity contribution is 0.237. The second kappa shape index (κ2) is 4.27. The van der Waals surface area contributed by atoms with Crippen LogP contribution in [0.1, 0.15) is 11.1 Å². The van der Waals surface area contributed by atoms with E-state index in [1.54, 1.807) is 6.07 Å². The van der Waals surface area contributed by atoms with Crippen LogP contribution in [0.4, 0.5) is 4.39 Å². The van der Waals surface area contributed by atoms with E-state index in [-0.39, 0.29) is 5.82 Å². The molecule has 0 bridgehead atoms. The van der Waals surface area contributed by atoms with Gasteiger partial charge in [-0.25, -0.2) is 9.40 Å². The lowest BCUT2D eigenvalue weighted by Crippen LogP contribution is -2.43. The SMILES string of the molecule is Fc1ccc(Br)c2c1CN(NC1=NCCN1)C2. The van der Waals surface area contributed by atoms with Gasteiger partial charge in [0.15, 0.2) is 0 Å². The van der Waals surface area contributed by atoms with Crippen LogP contribution in [-0.4, -0.2) is 24.1 Å². The molecule has 2 N–H and O–H groups in total. The molecule has 0 saturated carbocycles. The van der Waals surface area contributed by atoms with Gasteiger partial charge in [-0.1, -0.05) is 15.9 Å². The first-order chi connectivity index (χ1) is 8.24. The van der Waals surface area contributed by atoms with Gasteiger partial charge in [0.05, 0.1) is 6.54 Å². The molecule has 3 rings (SSSR count). The van der Waals surface area contributed by atoms with Crippen molar-refractivity contribution in [3.05, 3.63) is 33.5 Å². The Morgan fingerprint density at radius 1 is 1.35 bits per heavy atom. The second-order valence-corrected chi connectivity index (χ2v) is 4.97. The van der Waals surface area contributed by atoms with Crippen LogP contribution in [0.15, 0.2) is 21.6 Å². The molecule has 4 nitrogen and oxygen atoms in total. The Labute approximate surface area is 107 Å². The number of rotatable bonds is 1. The summed E-state index contributed by atoms with van der Waals surface area (Å²) in [6, 6.07) is 3.25. The minimum absolute atomic E-state index is 0.145. The standard InChI is InChI=1S/C11H12BrFN4/c12-9-1-2-10(13)8-6-17(5-7(8)9)16-11-14-3-4-15-11/h1-2H,3-6H2,(H2,14,15,16). The molecule has 0 amide bonds. The number of hydrogen-bond acceptors (Lipinski definition) is 4. The topological polar surface area (TPSA) is 39.7 Å². The predicted octanol–water partition coefficient (Wildman–Crippen LogP) is 1.37. The van der Waals surface area contributed by atoms with Gasteiger partial charge in [-0.05, 0) is 17.7 Å². The number of benzene rings is 1. The molecule has 17 heavy (non-hydrogen) atoms. The summed E-state index contributed by atoms with van der Waals surface area (Å²) in [4.78, 5) is 4.25. The largest absolute Gasteiger partial charge is 0.353 e. The van der Waals surface area contributed by atoms with E-state index in [1.165, 1.54) is 6.07 Å². The van der Waals surface area contributed by atoms with Crippen molar-refractivity contribution in [1.82, 2.24) is 15.8 Å². The number of guanidine groups is 1. The number of hydrogen-bond donors (Lipinski definition) is 2. The molecule has 2 aliphatic rings. The molecule has 1 aromatic carbocycles. The van der Waals surface area contributed by atoms with Gasteiger partial charge in [-0.2, -0.15) is 0 Å². The minimum atomic E-state index is -0.145. The molecule has 2 heterocycles. The molecule has 6 heteroatoms. The Morgan fingerprint density at radius 2 is 2.18 bits per heavy atom. The highest BCUT2D eigenvalue weighted by Crippen LogP contribution is 2.30. The summed E-state index contributed by atoms with van der Waals surface area (Å²) in [7, 11) is 0. The molecule has 0 unspecified atom stereocenters. The van der Waals surface area contributed by atoms with Gasteiger partial charge < -0.3 is 5.32 Å². The van der Waals surface area contributed by atoms with Gasteiger partial charge in [-0.3, -0.25) is 10.4 Å². The van der Waals surface area contributed by atoms with E-state index in [0.717, 1.165) is 34.6 Å². The number of hydrazine groups is 1. The zero-order valence-electron chi connectivity index (χ0n) is 9.13. The molecule has 2 aliphatic heterocycles. The van der Waals surface area contributed by atoms with Gasteiger partial charge in [-0.15, -0.1) is 0 Å². The van der Waals surface area contributed by atoms with Crippen molar-refractivity contribution < 1.29 is 4.39 Å². The molecule has 0 radical (unpaired) electrons. The van der Waals surface area contributed by atoms with Crippen molar-refractivity contribution in [2.45, 2.75) is 13.1 Å². The zero-order valence-corrected chi connectivity index (χ0v) is 10.7. The van der Waals surface area contributed by atoms with Crippen molar-refractivity contribution in [3.8, 4) is 0 Å². The summed E-state index contributed by atoms with van der Waals surface area (Å²) < 4.78 is 14.6. The second-order valence-electron chi connectivity index (χ2n) is 4.11. The lowest BCUT2D eigenvalue weighted by Gasteiger charge is -2.17. The summed E-state index contributed by atoms with van der Waals surface area (Å²) in [5.41, 5.74) is 4.93. The first-order valence-corrected chi connectivity index (χ1v) is 6.29. The van der Waals surface area contributed by atoms with Crippen molar-refractivity contribution in [1.29, 1.82) is 0 Å². The van der Waals surface area contributed by atoms with Gasteiger partial charge in [0.1, 0.15) is 5.82 Å². The van der Waals surface area contributed by atoms with Crippen LogP contribution in [-0.2, 0) is 13.1 Å². The van der Waals surface area contributed by atoms with Crippen LogP contribution in [0, 0.1) is 5.82 Å². The highest BCUT2D eigenvalue weighted by atomic mass is 79.9. The first-order valence-electron chi connectivity index (χ1n) is 5.50. The highest BCUT2D eigenvalue weighted by Gasteiger charge is 2.25. The third-order valence-corrected chi connectivity index (χ3v) is 3.70. The third kappa shape index (κ3) is 2.02. The van der Waals surface area contributed by atoms with Gasteiger partial charge >= 0.3 is 0 Å². The Balaban J connectivity index is 1.78. The Hall–Kier alpha value is -1.14. The molecule has 0 spiro atoms. The number of nitrogens with zero attached hydrogens (tertiary/aromatic N) is 2. The predicted molar refractivity (Wildman–Crippen MR) is 66.8 cm³/mol. The molecule has 0 aromatic heterocycles. The van der Waals surface area contributed by atoms with Gasteiger partial charge in [0.2, 0.25) is 5.96 Å². The molecule has 0 saturated heterocycles. The Kier molecular flexibility index (Phi) is 2.76. The maximum atomic E-state index is 13.6. The summed E-state index contributed by atoms with van der Waals surface area (Å²) in [6.45, 7) is 2.89. The van der Waals surface area contributed by atoms with Crippen molar-refractivity contribution in [2.24, 2.45) is 4.99 Å².